The van der Waals surface area contributed by atoms with Crippen molar-refractivity contribution < 1.29 is 23.9 Å². The SMILES string of the molecule is CC(C)(C)OC(=O)CN1C(=O)SC(=Cc2ccc(OCc3ccc(Cl)cc3Cl)c(Br)c2)C1=O. The standard InChI is InChI=1S/C23H20BrCl2NO5S/c1-23(2,3)32-20(28)11-27-21(29)19(33-22(27)30)9-13-4-7-18(16(24)8-13)31-12-14-5-6-15(25)10-17(14)26/h4-10H,11-12H2,1-3H3. The summed E-state index contributed by atoms with van der Waals surface area (Å²) in [5, 5.41) is 0.540. The molecule has 6 nitrogen and oxygen atoms in total. The maximum atomic E-state index is 12.6. The molecular weight excluding hydrogens is 553 g/mol. The van der Waals surface area contributed by atoms with Gasteiger partial charge >= 0.3 is 5.97 Å². The molecule has 0 unspecified atom stereocenters. The number of benzene rings is 2. The van der Waals surface area contributed by atoms with Gasteiger partial charge in [-0.05, 0) is 84.4 Å². The van der Waals surface area contributed by atoms with Gasteiger partial charge < -0.3 is 9.47 Å². The first-order chi connectivity index (χ1) is 15.4. The minimum atomic E-state index is -0.705. The Morgan fingerprint density at radius 2 is 1.88 bits per heavy atom. The van der Waals surface area contributed by atoms with Crippen molar-refractivity contribution in [2.45, 2.75) is 33.0 Å². The van der Waals surface area contributed by atoms with Crippen LogP contribution in [0.2, 0.25) is 10.0 Å². The highest BCUT2D eigenvalue weighted by molar-refractivity contribution is 9.10. The maximum absolute atomic E-state index is 12.6. The predicted molar refractivity (Wildman–Crippen MR) is 133 cm³/mol. The number of esters is 1. The molecule has 0 N–H and O–H groups in total. The van der Waals surface area contributed by atoms with Crippen molar-refractivity contribution in [1.29, 1.82) is 0 Å². The smallest absolute Gasteiger partial charge is 0.326 e. The van der Waals surface area contributed by atoms with Gasteiger partial charge in [0.25, 0.3) is 11.1 Å². The van der Waals surface area contributed by atoms with Gasteiger partial charge in [0.1, 0.15) is 24.5 Å². The number of imide groups is 1. The largest absolute Gasteiger partial charge is 0.488 e. The van der Waals surface area contributed by atoms with E-state index in [9.17, 15) is 14.4 Å². The number of carbonyl (C=O) groups excluding carboxylic acids is 3. The lowest BCUT2D eigenvalue weighted by Gasteiger charge is -2.21. The number of halogens is 3. The third-order valence-electron chi connectivity index (χ3n) is 4.23. The highest BCUT2D eigenvalue weighted by Crippen LogP contribution is 2.34. The highest BCUT2D eigenvalue weighted by atomic mass is 79.9. The Bertz CT molecular complexity index is 1150. The van der Waals surface area contributed by atoms with E-state index in [1.807, 2.05) is 0 Å². The molecule has 0 aromatic heterocycles. The summed E-state index contributed by atoms with van der Waals surface area (Å²) in [6.07, 6.45) is 1.59. The zero-order chi connectivity index (χ0) is 24.3. The van der Waals surface area contributed by atoms with Crippen LogP contribution in [-0.2, 0) is 20.9 Å². The van der Waals surface area contributed by atoms with Crippen LogP contribution in [0.5, 0.6) is 5.75 Å². The Kier molecular flexibility index (Phi) is 8.16. The van der Waals surface area contributed by atoms with Crippen molar-refractivity contribution in [1.82, 2.24) is 4.90 Å². The minimum Gasteiger partial charge on any atom is -0.488 e. The van der Waals surface area contributed by atoms with Crippen molar-refractivity contribution in [3.8, 4) is 5.75 Å². The summed E-state index contributed by atoms with van der Waals surface area (Å²) >= 11 is 16.3. The number of hydrogen-bond acceptors (Lipinski definition) is 6. The molecule has 0 radical (unpaired) electrons. The molecule has 33 heavy (non-hydrogen) atoms. The van der Waals surface area contributed by atoms with Crippen LogP contribution in [-0.4, -0.2) is 34.2 Å². The number of nitrogens with zero attached hydrogens (tertiary/aromatic N) is 1. The van der Waals surface area contributed by atoms with Crippen LogP contribution in [0.3, 0.4) is 0 Å². The summed E-state index contributed by atoms with van der Waals surface area (Å²) in [4.78, 5) is 38.0. The van der Waals surface area contributed by atoms with E-state index < -0.39 is 29.3 Å². The van der Waals surface area contributed by atoms with Crippen LogP contribution in [0.1, 0.15) is 31.9 Å². The fraction of sp³-hybridized carbons (Fsp3) is 0.261. The second-order valence-corrected chi connectivity index (χ2v) is 10.8. The minimum absolute atomic E-state index is 0.220. The number of rotatable bonds is 6. The zero-order valence-electron chi connectivity index (χ0n) is 18.0. The van der Waals surface area contributed by atoms with Gasteiger partial charge in [-0.3, -0.25) is 19.3 Å². The van der Waals surface area contributed by atoms with E-state index in [0.717, 1.165) is 22.2 Å². The quantitative estimate of drug-likeness (QED) is 0.283. The van der Waals surface area contributed by atoms with Gasteiger partial charge in [-0.15, -0.1) is 0 Å². The predicted octanol–water partition coefficient (Wildman–Crippen LogP) is 6.71. The molecule has 0 aliphatic carbocycles. The number of carbonyl (C=O) groups is 3. The topological polar surface area (TPSA) is 72.9 Å². The highest BCUT2D eigenvalue weighted by Gasteiger charge is 2.37. The molecule has 1 fully saturated rings. The second-order valence-electron chi connectivity index (χ2n) is 8.07. The molecule has 0 saturated carbocycles. The van der Waals surface area contributed by atoms with Crippen LogP contribution in [0.15, 0.2) is 45.8 Å². The molecule has 1 aliphatic heterocycles. The molecule has 0 bridgehead atoms. The van der Waals surface area contributed by atoms with Crippen LogP contribution in [0.4, 0.5) is 4.79 Å². The van der Waals surface area contributed by atoms with Crippen molar-refractivity contribution in [2.24, 2.45) is 0 Å². The number of ether oxygens (including phenoxy) is 2. The van der Waals surface area contributed by atoms with E-state index in [1.54, 1.807) is 63.2 Å². The molecule has 1 saturated heterocycles. The third kappa shape index (κ3) is 6.99. The first-order valence-corrected chi connectivity index (χ1v) is 12.1. The number of amides is 2. The lowest BCUT2D eigenvalue weighted by atomic mass is 10.2. The summed E-state index contributed by atoms with van der Waals surface area (Å²) in [6, 6.07) is 10.4. The molecule has 0 spiro atoms. The van der Waals surface area contributed by atoms with Crippen molar-refractivity contribution in [3.05, 3.63) is 66.9 Å². The molecule has 0 atom stereocenters. The Morgan fingerprint density at radius 1 is 1.15 bits per heavy atom. The van der Waals surface area contributed by atoms with Gasteiger partial charge in [-0.1, -0.05) is 35.3 Å². The van der Waals surface area contributed by atoms with Gasteiger partial charge in [0.15, 0.2) is 0 Å². The van der Waals surface area contributed by atoms with E-state index in [4.69, 9.17) is 32.7 Å². The van der Waals surface area contributed by atoms with Gasteiger partial charge in [-0.2, -0.15) is 0 Å². The molecule has 174 valence electrons. The number of thioether (sulfide) groups is 1. The van der Waals surface area contributed by atoms with E-state index in [2.05, 4.69) is 15.9 Å². The summed E-state index contributed by atoms with van der Waals surface area (Å²) in [5.41, 5.74) is 0.765. The van der Waals surface area contributed by atoms with E-state index >= 15 is 0 Å². The average Bonchev–Trinajstić information content (AvgIpc) is 2.94. The molecular formula is C23H20BrCl2NO5S. The molecule has 2 aromatic rings. The first-order valence-electron chi connectivity index (χ1n) is 9.76. The monoisotopic (exact) mass is 571 g/mol. The Balaban J connectivity index is 1.68. The Hall–Kier alpha value is -2.00. The molecule has 3 rings (SSSR count). The lowest BCUT2D eigenvalue weighted by Crippen LogP contribution is -2.37. The normalized spacial score (nSPS) is 15.3. The fourth-order valence-corrected chi connectivity index (χ4v) is 4.62. The maximum Gasteiger partial charge on any atom is 0.326 e. The van der Waals surface area contributed by atoms with Crippen LogP contribution in [0, 0.1) is 0 Å². The lowest BCUT2D eigenvalue weighted by molar-refractivity contribution is -0.156. The van der Waals surface area contributed by atoms with E-state index in [0.29, 0.717) is 25.8 Å². The molecule has 10 heteroatoms. The van der Waals surface area contributed by atoms with E-state index in [-0.39, 0.29) is 11.5 Å². The van der Waals surface area contributed by atoms with Crippen LogP contribution in [0.25, 0.3) is 6.08 Å². The van der Waals surface area contributed by atoms with Crippen molar-refractivity contribution in [2.75, 3.05) is 6.54 Å². The Labute approximate surface area is 214 Å². The summed E-state index contributed by atoms with van der Waals surface area (Å²) < 4.78 is 11.7. The second kappa shape index (κ2) is 10.5. The molecule has 1 heterocycles. The fourth-order valence-electron chi connectivity index (χ4n) is 2.81. The van der Waals surface area contributed by atoms with Crippen molar-refractivity contribution >= 4 is 74.1 Å². The molecule has 2 amide bonds. The van der Waals surface area contributed by atoms with Crippen LogP contribution < -0.4 is 4.74 Å². The van der Waals surface area contributed by atoms with Gasteiger partial charge in [0.05, 0.1) is 9.38 Å². The van der Waals surface area contributed by atoms with Gasteiger partial charge in [-0.25, -0.2) is 0 Å². The summed E-state index contributed by atoms with van der Waals surface area (Å²) in [7, 11) is 0. The first kappa shape index (κ1) is 25.6. The van der Waals surface area contributed by atoms with Gasteiger partial charge in [0, 0.05) is 15.6 Å². The third-order valence-corrected chi connectivity index (χ3v) is 6.35. The van der Waals surface area contributed by atoms with E-state index in [1.165, 1.54) is 0 Å². The van der Waals surface area contributed by atoms with Crippen LogP contribution >= 0.6 is 50.9 Å². The molecule has 1 aliphatic rings. The summed E-state index contributed by atoms with van der Waals surface area (Å²) in [5.74, 6) is -0.600. The summed E-state index contributed by atoms with van der Waals surface area (Å²) in [6.45, 7) is 4.97. The average molecular weight is 573 g/mol. The Morgan fingerprint density at radius 3 is 2.52 bits per heavy atom. The van der Waals surface area contributed by atoms with Crippen molar-refractivity contribution in [3.63, 3.8) is 0 Å². The van der Waals surface area contributed by atoms with Gasteiger partial charge in [0.2, 0.25) is 0 Å². The molecule has 2 aromatic carbocycles. The number of hydrogen-bond donors (Lipinski definition) is 0. The zero-order valence-corrected chi connectivity index (χ0v) is 21.9.